The van der Waals surface area contributed by atoms with Crippen molar-refractivity contribution in [2.24, 2.45) is 0 Å². The lowest BCUT2D eigenvalue weighted by molar-refractivity contribution is 0.0483. The number of piperidine rings is 1. The topological polar surface area (TPSA) is 49.3 Å². The van der Waals surface area contributed by atoms with Crippen LogP contribution >= 0.6 is 11.7 Å². The van der Waals surface area contributed by atoms with Crippen molar-refractivity contribution in [2.75, 3.05) is 13.1 Å². The summed E-state index contributed by atoms with van der Waals surface area (Å²) in [6.07, 6.45) is 6.43. The van der Waals surface area contributed by atoms with Crippen molar-refractivity contribution in [1.29, 1.82) is 0 Å². The third kappa shape index (κ3) is 2.59. The number of rotatable bonds is 2. The van der Waals surface area contributed by atoms with Gasteiger partial charge in [0.2, 0.25) is 0 Å². The van der Waals surface area contributed by atoms with Crippen LogP contribution in [0.5, 0.6) is 0 Å². The predicted molar refractivity (Wildman–Crippen MR) is 78.8 cm³/mol. The zero-order valence-electron chi connectivity index (χ0n) is 12.2. The Labute approximate surface area is 124 Å². The van der Waals surface area contributed by atoms with Gasteiger partial charge in [0, 0.05) is 31.2 Å². The summed E-state index contributed by atoms with van der Waals surface area (Å²) in [4.78, 5) is 17.0. The van der Waals surface area contributed by atoms with Gasteiger partial charge in [-0.15, -0.1) is 0 Å². The van der Waals surface area contributed by atoms with Crippen LogP contribution < -0.4 is 0 Å². The molecule has 2 aliphatic heterocycles. The molecular weight excluding hydrogens is 272 g/mol. The highest BCUT2D eigenvalue weighted by Crippen LogP contribution is 2.30. The molecule has 6 heteroatoms. The zero-order chi connectivity index (χ0) is 14.1. The van der Waals surface area contributed by atoms with Crippen LogP contribution in [0.2, 0.25) is 0 Å². The molecule has 2 aliphatic rings. The van der Waals surface area contributed by atoms with Gasteiger partial charge in [0.25, 0.3) is 5.91 Å². The van der Waals surface area contributed by atoms with Crippen LogP contribution in [0.1, 0.15) is 50.0 Å². The van der Waals surface area contributed by atoms with E-state index in [2.05, 4.69) is 27.5 Å². The highest BCUT2D eigenvalue weighted by molar-refractivity contribution is 6.99. The number of aromatic nitrogens is 2. The van der Waals surface area contributed by atoms with Gasteiger partial charge in [-0.25, -0.2) is 0 Å². The van der Waals surface area contributed by atoms with E-state index in [9.17, 15) is 4.79 Å². The van der Waals surface area contributed by atoms with Gasteiger partial charge in [-0.2, -0.15) is 8.75 Å². The molecule has 20 heavy (non-hydrogen) atoms. The molecule has 0 unspecified atom stereocenters. The maximum absolute atomic E-state index is 12.4. The number of nitrogens with zero attached hydrogens (tertiary/aromatic N) is 4. The second kappa shape index (κ2) is 5.77. The first kappa shape index (κ1) is 13.9. The van der Waals surface area contributed by atoms with Gasteiger partial charge in [-0.05, 0) is 39.5 Å². The van der Waals surface area contributed by atoms with Crippen LogP contribution in [0.4, 0.5) is 0 Å². The summed E-state index contributed by atoms with van der Waals surface area (Å²) in [5.41, 5.74) is 0.498. The first-order valence-corrected chi connectivity index (χ1v) is 8.24. The summed E-state index contributed by atoms with van der Waals surface area (Å²) in [6.45, 7) is 6.32. The average molecular weight is 294 g/mol. The number of likely N-dealkylation sites (tertiary alicyclic amines) is 2. The fraction of sp³-hybridized carbons (Fsp3) is 0.786. The van der Waals surface area contributed by atoms with E-state index >= 15 is 0 Å². The molecule has 0 aromatic carbocycles. The highest BCUT2D eigenvalue weighted by Gasteiger charge is 2.36. The maximum Gasteiger partial charge on any atom is 0.275 e. The normalized spacial score (nSPS) is 31.7. The Hall–Kier alpha value is -1.01. The standard InChI is InChI=1S/C14H22N4OS/c1-10-5-6-11(2)18(10)12-4-3-7-17(9-12)14(19)13-8-15-20-16-13/h8,10-12H,3-7,9H2,1-2H3/t10-,11+,12-/m1/s1. The Morgan fingerprint density at radius 2 is 2.05 bits per heavy atom. The van der Waals surface area contributed by atoms with Gasteiger partial charge >= 0.3 is 0 Å². The smallest absolute Gasteiger partial charge is 0.275 e. The summed E-state index contributed by atoms with van der Waals surface area (Å²) in [5, 5.41) is 0. The van der Waals surface area contributed by atoms with Gasteiger partial charge in [-0.3, -0.25) is 9.69 Å². The summed E-state index contributed by atoms with van der Waals surface area (Å²) in [5.74, 6) is 0.0444. The first-order chi connectivity index (χ1) is 9.66. The molecule has 1 aromatic heterocycles. The maximum atomic E-state index is 12.4. The first-order valence-electron chi connectivity index (χ1n) is 7.51. The van der Waals surface area contributed by atoms with Gasteiger partial charge in [-0.1, -0.05) is 0 Å². The number of carbonyl (C=O) groups is 1. The van der Waals surface area contributed by atoms with E-state index in [4.69, 9.17) is 0 Å². The van der Waals surface area contributed by atoms with E-state index < -0.39 is 0 Å². The van der Waals surface area contributed by atoms with Crippen LogP contribution in [-0.2, 0) is 0 Å². The summed E-state index contributed by atoms with van der Waals surface area (Å²) >= 11 is 1.10. The monoisotopic (exact) mass is 294 g/mol. The van der Waals surface area contributed by atoms with E-state index in [1.54, 1.807) is 6.20 Å². The molecule has 5 nitrogen and oxygen atoms in total. The van der Waals surface area contributed by atoms with Crippen LogP contribution in [0.3, 0.4) is 0 Å². The fourth-order valence-corrected chi connectivity index (χ4v) is 4.15. The number of carbonyl (C=O) groups excluding carboxylic acids is 1. The molecule has 110 valence electrons. The molecule has 3 atom stereocenters. The molecule has 2 saturated heterocycles. The number of amides is 1. The molecular formula is C14H22N4OS. The molecule has 0 saturated carbocycles. The third-order valence-electron chi connectivity index (χ3n) is 4.71. The van der Waals surface area contributed by atoms with Gasteiger partial charge < -0.3 is 4.90 Å². The molecule has 3 rings (SSSR count). The molecule has 0 aliphatic carbocycles. The molecule has 3 heterocycles. The SMILES string of the molecule is C[C@@H]1CC[C@H](C)N1[C@@H]1CCCN(C(=O)c2cnsn2)C1. The lowest BCUT2D eigenvalue weighted by atomic mass is 10.0. The van der Waals surface area contributed by atoms with Crippen molar-refractivity contribution < 1.29 is 4.79 Å². The Bertz CT molecular complexity index is 454. The molecule has 0 radical (unpaired) electrons. The molecule has 0 bridgehead atoms. The summed E-state index contributed by atoms with van der Waals surface area (Å²) < 4.78 is 8.00. The quantitative estimate of drug-likeness (QED) is 0.837. The average Bonchev–Trinajstić information content (AvgIpc) is 3.09. The Morgan fingerprint density at radius 1 is 1.30 bits per heavy atom. The zero-order valence-corrected chi connectivity index (χ0v) is 13.0. The number of hydrogen-bond acceptors (Lipinski definition) is 5. The number of hydrogen-bond donors (Lipinski definition) is 0. The van der Waals surface area contributed by atoms with Crippen molar-refractivity contribution in [1.82, 2.24) is 18.5 Å². The van der Waals surface area contributed by atoms with Crippen molar-refractivity contribution in [3.63, 3.8) is 0 Å². The summed E-state index contributed by atoms with van der Waals surface area (Å²) in [6, 6.07) is 1.80. The van der Waals surface area contributed by atoms with E-state index in [0.29, 0.717) is 23.8 Å². The molecule has 1 aromatic rings. The highest BCUT2D eigenvalue weighted by atomic mass is 32.1. The molecule has 0 N–H and O–H groups in total. The van der Waals surface area contributed by atoms with Crippen LogP contribution in [0.15, 0.2) is 6.20 Å². The third-order valence-corrected chi connectivity index (χ3v) is 5.18. The molecule has 0 spiro atoms. The van der Waals surface area contributed by atoms with E-state index in [1.807, 2.05) is 4.90 Å². The van der Waals surface area contributed by atoms with E-state index in [-0.39, 0.29) is 5.91 Å². The van der Waals surface area contributed by atoms with Crippen LogP contribution in [-0.4, -0.2) is 55.7 Å². The van der Waals surface area contributed by atoms with Gasteiger partial charge in [0.1, 0.15) is 0 Å². The largest absolute Gasteiger partial charge is 0.336 e. The van der Waals surface area contributed by atoms with E-state index in [0.717, 1.165) is 31.2 Å². The molecule has 2 fully saturated rings. The minimum Gasteiger partial charge on any atom is -0.336 e. The fourth-order valence-electron chi connectivity index (χ4n) is 3.74. The lowest BCUT2D eigenvalue weighted by Gasteiger charge is -2.41. The Balaban J connectivity index is 1.69. The van der Waals surface area contributed by atoms with E-state index in [1.165, 1.54) is 19.3 Å². The van der Waals surface area contributed by atoms with Crippen molar-refractivity contribution in [3.05, 3.63) is 11.9 Å². The predicted octanol–water partition coefficient (Wildman–Crippen LogP) is 2.02. The Kier molecular flexibility index (Phi) is 4.03. The lowest BCUT2D eigenvalue weighted by Crippen LogP contribution is -2.52. The minimum atomic E-state index is 0.0444. The second-order valence-electron chi connectivity index (χ2n) is 6.06. The Morgan fingerprint density at radius 3 is 2.70 bits per heavy atom. The van der Waals surface area contributed by atoms with Gasteiger partial charge in [0.05, 0.1) is 17.9 Å². The van der Waals surface area contributed by atoms with Gasteiger partial charge in [0.15, 0.2) is 5.69 Å². The van der Waals surface area contributed by atoms with Crippen molar-refractivity contribution in [3.8, 4) is 0 Å². The molecule has 1 amide bonds. The van der Waals surface area contributed by atoms with Crippen molar-refractivity contribution in [2.45, 2.75) is 57.7 Å². The van der Waals surface area contributed by atoms with Crippen LogP contribution in [0, 0.1) is 0 Å². The van der Waals surface area contributed by atoms with Crippen molar-refractivity contribution >= 4 is 17.6 Å². The van der Waals surface area contributed by atoms with Crippen LogP contribution in [0.25, 0.3) is 0 Å². The summed E-state index contributed by atoms with van der Waals surface area (Å²) in [7, 11) is 0. The minimum absolute atomic E-state index is 0.0444. The second-order valence-corrected chi connectivity index (χ2v) is 6.62.